The number of amides is 1. The number of rotatable bonds is 4. The lowest BCUT2D eigenvalue weighted by Gasteiger charge is -2.13. The van der Waals surface area contributed by atoms with Gasteiger partial charge in [-0.25, -0.2) is 13.8 Å². The lowest BCUT2D eigenvalue weighted by atomic mass is 10.1. The Labute approximate surface area is 152 Å². The van der Waals surface area contributed by atoms with E-state index in [1.165, 1.54) is 24.4 Å². The highest BCUT2D eigenvalue weighted by atomic mass is 19.1. The molecule has 1 aliphatic rings. The van der Waals surface area contributed by atoms with Crippen LogP contribution in [0.1, 0.15) is 26.5 Å². The van der Waals surface area contributed by atoms with Gasteiger partial charge >= 0.3 is 0 Å². The molecule has 0 aliphatic carbocycles. The molecule has 0 atom stereocenters. The van der Waals surface area contributed by atoms with Crippen LogP contribution in [-0.2, 0) is 6.54 Å². The number of nitrogens with zero attached hydrogens (tertiary/aromatic N) is 2. The number of halogens is 2. The maximum atomic E-state index is 14.2. The van der Waals surface area contributed by atoms with Crippen molar-refractivity contribution in [3.05, 3.63) is 71.2 Å². The molecule has 3 heterocycles. The summed E-state index contributed by atoms with van der Waals surface area (Å²) in [6.45, 7) is 0.162. The van der Waals surface area contributed by atoms with Gasteiger partial charge in [0.25, 0.3) is 5.91 Å². The number of nitrogens with one attached hydrogen (secondary N) is 2. The third-order valence-corrected chi connectivity index (χ3v) is 4.14. The fraction of sp³-hybridized carbons (Fsp3) is 0.0526. The van der Waals surface area contributed by atoms with Crippen LogP contribution in [0.2, 0.25) is 0 Å². The van der Waals surface area contributed by atoms with E-state index in [1.54, 1.807) is 6.07 Å². The van der Waals surface area contributed by atoms with E-state index in [4.69, 9.17) is 0 Å². The molecule has 1 aliphatic heterocycles. The summed E-state index contributed by atoms with van der Waals surface area (Å²) in [6, 6.07) is 8.09. The zero-order valence-corrected chi connectivity index (χ0v) is 13.8. The van der Waals surface area contributed by atoms with E-state index < -0.39 is 11.6 Å². The third-order valence-electron chi connectivity index (χ3n) is 4.14. The zero-order valence-electron chi connectivity index (χ0n) is 13.8. The van der Waals surface area contributed by atoms with E-state index in [2.05, 4.69) is 20.6 Å². The molecule has 0 saturated carbocycles. The summed E-state index contributed by atoms with van der Waals surface area (Å²) >= 11 is 0. The maximum Gasteiger partial charge on any atom is 0.255 e. The largest absolute Gasteiger partial charge is 0.353 e. The Morgan fingerprint density at radius 1 is 1.11 bits per heavy atom. The Bertz CT molecular complexity index is 1050. The minimum atomic E-state index is -0.748. The fourth-order valence-corrected chi connectivity index (χ4v) is 2.91. The van der Waals surface area contributed by atoms with E-state index in [0.29, 0.717) is 28.9 Å². The SMILES string of the molecule is O=Cc1ccc(Nc2cc(-c3c(F)cccc3F)nc3c2C(=O)NC3)cn1. The van der Waals surface area contributed by atoms with Crippen molar-refractivity contribution < 1.29 is 18.4 Å². The molecule has 3 aromatic rings. The molecule has 0 spiro atoms. The second kappa shape index (κ2) is 6.56. The summed E-state index contributed by atoms with van der Waals surface area (Å²) in [6.07, 6.45) is 2.03. The number of carbonyl (C=O) groups excluding carboxylic acids is 2. The van der Waals surface area contributed by atoms with Gasteiger partial charge in [-0.05, 0) is 30.3 Å². The molecular formula is C19H12F2N4O2. The van der Waals surface area contributed by atoms with Crippen molar-refractivity contribution in [2.75, 3.05) is 5.32 Å². The molecule has 134 valence electrons. The Kier molecular flexibility index (Phi) is 4.08. The Hall–Kier alpha value is -3.68. The summed E-state index contributed by atoms with van der Waals surface area (Å²) < 4.78 is 28.4. The van der Waals surface area contributed by atoms with Gasteiger partial charge in [-0.2, -0.15) is 0 Å². The van der Waals surface area contributed by atoms with Gasteiger partial charge in [-0.15, -0.1) is 0 Å². The molecule has 0 fully saturated rings. The van der Waals surface area contributed by atoms with Crippen molar-refractivity contribution in [2.24, 2.45) is 0 Å². The molecular weight excluding hydrogens is 354 g/mol. The molecule has 4 rings (SSSR count). The molecule has 0 saturated heterocycles. The lowest BCUT2D eigenvalue weighted by Crippen LogP contribution is -2.13. The standard InChI is InChI=1S/C19H12F2N4O2/c20-12-2-1-3-13(21)17(12)14-6-15(18-16(25-14)8-23-19(18)27)24-10-4-5-11(9-26)22-7-10/h1-7,9H,8H2,(H,23,27)(H,24,25). The van der Waals surface area contributed by atoms with Gasteiger partial charge in [0.15, 0.2) is 6.29 Å². The summed E-state index contributed by atoms with van der Waals surface area (Å²) in [5.74, 6) is -1.83. The molecule has 1 amide bonds. The normalized spacial score (nSPS) is 12.4. The molecule has 8 heteroatoms. The van der Waals surface area contributed by atoms with Gasteiger partial charge in [0.1, 0.15) is 17.3 Å². The predicted octanol–water partition coefficient (Wildman–Crippen LogP) is 3.22. The maximum absolute atomic E-state index is 14.2. The Morgan fingerprint density at radius 3 is 2.56 bits per heavy atom. The number of anilines is 2. The molecule has 2 N–H and O–H groups in total. The van der Waals surface area contributed by atoms with Gasteiger partial charge < -0.3 is 10.6 Å². The van der Waals surface area contributed by atoms with Crippen LogP contribution in [0.25, 0.3) is 11.3 Å². The van der Waals surface area contributed by atoms with Crippen molar-refractivity contribution in [1.29, 1.82) is 0 Å². The van der Waals surface area contributed by atoms with Gasteiger partial charge in [-0.3, -0.25) is 14.6 Å². The number of hydrogen-bond donors (Lipinski definition) is 2. The number of aromatic nitrogens is 2. The molecule has 6 nitrogen and oxygen atoms in total. The number of benzene rings is 1. The summed E-state index contributed by atoms with van der Waals surface area (Å²) in [7, 11) is 0. The van der Waals surface area contributed by atoms with E-state index in [-0.39, 0.29) is 29.4 Å². The minimum Gasteiger partial charge on any atom is -0.353 e. The number of hydrogen-bond acceptors (Lipinski definition) is 5. The first-order valence-electron chi connectivity index (χ1n) is 8.01. The highest BCUT2D eigenvalue weighted by Gasteiger charge is 2.27. The second-order valence-corrected chi connectivity index (χ2v) is 5.87. The van der Waals surface area contributed by atoms with Crippen molar-refractivity contribution >= 4 is 23.6 Å². The average Bonchev–Trinajstić information content (AvgIpc) is 3.03. The van der Waals surface area contributed by atoms with E-state index >= 15 is 0 Å². The monoisotopic (exact) mass is 366 g/mol. The van der Waals surface area contributed by atoms with Crippen molar-refractivity contribution in [3.8, 4) is 11.3 Å². The van der Waals surface area contributed by atoms with Crippen LogP contribution >= 0.6 is 0 Å². The number of aldehydes is 1. The van der Waals surface area contributed by atoms with Crippen LogP contribution in [0.5, 0.6) is 0 Å². The topological polar surface area (TPSA) is 84.0 Å². The van der Waals surface area contributed by atoms with Gasteiger partial charge in [-0.1, -0.05) is 6.07 Å². The highest BCUT2D eigenvalue weighted by molar-refractivity contribution is 6.04. The molecule has 27 heavy (non-hydrogen) atoms. The minimum absolute atomic E-state index is 0.0702. The van der Waals surface area contributed by atoms with Crippen molar-refractivity contribution in [3.63, 3.8) is 0 Å². The van der Waals surface area contributed by atoms with Gasteiger partial charge in [0.05, 0.1) is 46.6 Å². The van der Waals surface area contributed by atoms with Crippen LogP contribution in [0.15, 0.2) is 42.6 Å². The quantitative estimate of drug-likeness (QED) is 0.693. The smallest absolute Gasteiger partial charge is 0.255 e. The molecule has 0 radical (unpaired) electrons. The number of fused-ring (bicyclic) bond motifs is 1. The number of carbonyl (C=O) groups is 2. The van der Waals surface area contributed by atoms with Crippen LogP contribution in [-0.4, -0.2) is 22.2 Å². The lowest BCUT2D eigenvalue weighted by molar-refractivity contribution is 0.0966. The van der Waals surface area contributed by atoms with Crippen LogP contribution in [0.3, 0.4) is 0 Å². The average molecular weight is 366 g/mol. The van der Waals surface area contributed by atoms with Gasteiger partial charge in [0.2, 0.25) is 0 Å². The first kappa shape index (κ1) is 16.8. The Morgan fingerprint density at radius 2 is 1.89 bits per heavy atom. The fourth-order valence-electron chi connectivity index (χ4n) is 2.91. The Balaban J connectivity index is 1.83. The summed E-state index contributed by atoms with van der Waals surface area (Å²) in [5.41, 5.74) is 1.60. The van der Waals surface area contributed by atoms with E-state index in [0.717, 1.165) is 12.1 Å². The van der Waals surface area contributed by atoms with Crippen molar-refractivity contribution in [2.45, 2.75) is 6.54 Å². The summed E-state index contributed by atoms with van der Waals surface area (Å²) in [4.78, 5) is 31.1. The second-order valence-electron chi connectivity index (χ2n) is 5.87. The van der Waals surface area contributed by atoms with E-state index in [9.17, 15) is 18.4 Å². The first-order valence-corrected chi connectivity index (χ1v) is 8.01. The third kappa shape index (κ3) is 3.01. The van der Waals surface area contributed by atoms with Crippen LogP contribution < -0.4 is 10.6 Å². The van der Waals surface area contributed by atoms with Crippen LogP contribution in [0.4, 0.5) is 20.2 Å². The molecule has 0 bridgehead atoms. The van der Waals surface area contributed by atoms with Crippen LogP contribution in [0, 0.1) is 11.6 Å². The van der Waals surface area contributed by atoms with Crippen molar-refractivity contribution in [1.82, 2.24) is 15.3 Å². The first-order chi connectivity index (χ1) is 13.1. The molecule has 1 aromatic carbocycles. The summed E-state index contributed by atoms with van der Waals surface area (Å²) in [5, 5.41) is 5.66. The zero-order chi connectivity index (χ0) is 19.0. The molecule has 2 aromatic heterocycles. The predicted molar refractivity (Wildman–Crippen MR) is 93.7 cm³/mol. The number of pyridine rings is 2. The molecule has 0 unspecified atom stereocenters. The van der Waals surface area contributed by atoms with Gasteiger partial charge in [0, 0.05) is 0 Å². The highest BCUT2D eigenvalue weighted by Crippen LogP contribution is 2.33. The van der Waals surface area contributed by atoms with E-state index in [1.807, 2.05) is 0 Å².